The van der Waals surface area contributed by atoms with E-state index in [1.54, 1.807) is 28.2 Å². The van der Waals surface area contributed by atoms with Crippen LogP contribution >= 0.6 is 11.6 Å². The summed E-state index contributed by atoms with van der Waals surface area (Å²) in [5, 5.41) is 7.50. The van der Waals surface area contributed by atoms with Crippen molar-refractivity contribution < 1.29 is 9.18 Å². The van der Waals surface area contributed by atoms with E-state index in [4.69, 9.17) is 11.6 Å². The molecule has 0 bridgehead atoms. The monoisotopic (exact) mass is 463 g/mol. The fourth-order valence-electron chi connectivity index (χ4n) is 3.77. The highest BCUT2D eigenvalue weighted by atomic mass is 35.5. The van der Waals surface area contributed by atoms with Crippen LogP contribution in [0.25, 0.3) is 11.3 Å². The second-order valence-corrected chi connectivity index (χ2v) is 8.05. The van der Waals surface area contributed by atoms with Crippen molar-refractivity contribution >= 4 is 35.1 Å². The minimum absolute atomic E-state index is 0.0803. The first-order valence-electron chi connectivity index (χ1n) is 10.3. The lowest BCUT2D eigenvalue weighted by Gasteiger charge is -2.17. The average molecular weight is 464 g/mol. The first-order chi connectivity index (χ1) is 16.0. The van der Waals surface area contributed by atoms with E-state index in [-0.39, 0.29) is 17.4 Å². The third-order valence-corrected chi connectivity index (χ3v) is 5.83. The van der Waals surface area contributed by atoms with Crippen molar-refractivity contribution in [1.29, 1.82) is 0 Å². The molecule has 8 nitrogen and oxygen atoms in total. The van der Waals surface area contributed by atoms with Crippen LogP contribution in [0.2, 0.25) is 5.02 Å². The van der Waals surface area contributed by atoms with E-state index in [2.05, 4.69) is 25.4 Å². The van der Waals surface area contributed by atoms with Gasteiger partial charge < -0.3 is 5.32 Å². The van der Waals surface area contributed by atoms with Crippen LogP contribution in [0, 0.1) is 5.82 Å². The van der Waals surface area contributed by atoms with Gasteiger partial charge in [-0.3, -0.25) is 14.4 Å². The molecule has 1 N–H and O–H groups in total. The number of aryl methyl sites for hydroxylation is 1. The third kappa shape index (κ3) is 4.27. The Labute approximate surface area is 194 Å². The number of anilines is 3. The molecule has 0 fully saturated rings. The number of nitrogens with zero attached hydrogens (tertiary/aromatic N) is 6. The summed E-state index contributed by atoms with van der Waals surface area (Å²) >= 11 is 6.09. The Morgan fingerprint density at radius 3 is 2.85 bits per heavy atom. The Kier molecular flexibility index (Phi) is 5.47. The van der Waals surface area contributed by atoms with Gasteiger partial charge in [-0.2, -0.15) is 5.10 Å². The SMILES string of the molecule is Cn1nccc1Nc1nccc(-c2cnc3c(c2)CCN3C(=O)Cc2ccc(F)cc2Cl)n1. The molecule has 0 spiro atoms. The lowest BCUT2D eigenvalue weighted by atomic mass is 10.1. The molecular weight excluding hydrogens is 445 g/mol. The molecule has 0 atom stereocenters. The van der Waals surface area contributed by atoms with Gasteiger partial charge in [0.15, 0.2) is 0 Å². The molecule has 0 unspecified atom stereocenters. The van der Waals surface area contributed by atoms with Gasteiger partial charge in [0.2, 0.25) is 11.9 Å². The van der Waals surface area contributed by atoms with Crippen molar-refractivity contribution in [2.45, 2.75) is 12.8 Å². The average Bonchev–Trinajstić information content (AvgIpc) is 3.41. The lowest BCUT2D eigenvalue weighted by Crippen LogP contribution is -2.31. The Balaban J connectivity index is 1.35. The second kappa shape index (κ2) is 8.59. The molecule has 1 aliphatic heterocycles. The van der Waals surface area contributed by atoms with Gasteiger partial charge in [0.05, 0.1) is 18.3 Å². The zero-order valence-electron chi connectivity index (χ0n) is 17.7. The maximum atomic E-state index is 13.3. The number of benzene rings is 1. The molecule has 10 heteroatoms. The lowest BCUT2D eigenvalue weighted by molar-refractivity contribution is -0.117. The van der Waals surface area contributed by atoms with Crippen LogP contribution in [0.15, 0.2) is 55.0 Å². The van der Waals surface area contributed by atoms with E-state index in [9.17, 15) is 9.18 Å². The Morgan fingerprint density at radius 1 is 1.18 bits per heavy atom. The minimum atomic E-state index is -0.430. The topological polar surface area (TPSA) is 88.8 Å². The molecule has 4 heterocycles. The number of aromatic nitrogens is 5. The predicted molar refractivity (Wildman–Crippen MR) is 123 cm³/mol. The maximum absolute atomic E-state index is 13.3. The maximum Gasteiger partial charge on any atom is 0.232 e. The number of amides is 1. The first-order valence-corrected chi connectivity index (χ1v) is 10.7. The van der Waals surface area contributed by atoms with E-state index in [0.717, 1.165) is 16.9 Å². The van der Waals surface area contributed by atoms with E-state index >= 15 is 0 Å². The molecule has 1 amide bonds. The fourth-order valence-corrected chi connectivity index (χ4v) is 4.00. The summed E-state index contributed by atoms with van der Waals surface area (Å²) in [4.78, 5) is 27.9. The Bertz CT molecular complexity index is 1360. The van der Waals surface area contributed by atoms with Crippen LogP contribution < -0.4 is 10.2 Å². The van der Waals surface area contributed by atoms with Gasteiger partial charge in [-0.15, -0.1) is 0 Å². The van der Waals surface area contributed by atoms with Crippen molar-refractivity contribution in [3.63, 3.8) is 0 Å². The molecule has 5 rings (SSSR count). The van der Waals surface area contributed by atoms with E-state index in [1.165, 1.54) is 18.2 Å². The van der Waals surface area contributed by atoms with E-state index < -0.39 is 5.82 Å². The van der Waals surface area contributed by atoms with Crippen molar-refractivity contribution in [1.82, 2.24) is 24.7 Å². The zero-order chi connectivity index (χ0) is 22.9. The number of pyridine rings is 1. The van der Waals surface area contributed by atoms with Crippen LogP contribution in [-0.2, 0) is 24.7 Å². The molecule has 0 aliphatic carbocycles. The molecule has 4 aromatic rings. The van der Waals surface area contributed by atoms with E-state index in [0.29, 0.717) is 36.0 Å². The van der Waals surface area contributed by atoms with Crippen LogP contribution in [0.5, 0.6) is 0 Å². The summed E-state index contributed by atoms with van der Waals surface area (Å²) < 4.78 is 15.0. The molecule has 0 saturated carbocycles. The van der Waals surface area contributed by atoms with Crippen molar-refractivity contribution in [2.24, 2.45) is 7.05 Å². The third-order valence-electron chi connectivity index (χ3n) is 5.47. The number of rotatable bonds is 5. The van der Waals surface area contributed by atoms with Crippen LogP contribution in [0.1, 0.15) is 11.1 Å². The normalized spacial score (nSPS) is 12.6. The number of carbonyl (C=O) groups excluding carboxylic acids is 1. The standard InChI is InChI=1S/C23H19ClFN7O/c1-31-20(5-8-28-31)30-23-26-7-4-19(29-23)16-10-15-6-9-32(22(15)27-13-16)21(33)11-14-2-3-17(25)12-18(14)24/h2-5,7-8,10,12-13H,6,9,11H2,1H3,(H,26,29,30). The number of fused-ring (bicyclic) bond motifs is 1. The van der Waals surface area contributed by atoms with Gasteiger partial charge in [-0.05, 0) is 41.8 Å². The summed E-state index contributed by atoms with van der Waals surface area (Å²) in [6.07, 6.45) is 5.83. The van der Waals surface area contributed by atoms with Gasteiger partial charge in [0.1, 0.15) is 17.5 Å². The molecule has 1 aliphatic rings. The first kappa shape index (κ1) is 21.0. The second-order valence-electron chi connectivity index (χ2n) is 7.65. The summed E-state index contributed by atoms with van der Waals surface area (Å²) in [6, 6.07) is 9.69. The van der Waals surface area contributed by atoms with Crippen LogP contribution in [0.3, 0.4) is 0 Å². The smallest absolute Gasteiger partial charge is 0.232 e. The van der Waals surface area contributed by atoms with Gasteiger partial charge >= 0.3 is 0 Å². The summed E-state index contributed by atoms with van der Waals surface area (Å²) in [6.45, 7) is 0.528. The van der Waals surface area contributed by atoms with Gasteiger partial charge in [0, 0.05) is 42.6 Å². The quantitative estimate of drug-likeness (QED) is 0.482. The van der Waals surface area contributed by atoms with Gasteiger partial charge in [0.25, 0.3) is 0 Å². The highest BCUT2D eigenvalue weighted by molar-refractivity contribution is 6.31. The minimum Gasteiger partial charge on any atom is -0.309 e. The summed E-state index contributed by atoms with van der Waals surface area (Å²) in [5.74, 6) is 1.29. The number of hydrogen-bond acceptors (Lipinski definition) is 6. The highest BCUT2D eigenvalue weighted by Gasteiger charge is 2.27. The van der Waals surface area contributed by atoms with Gasteiger partial charge in [-0.1, -0.05) is 17.7 Å². The predicted octanol–water partition coefficient (Wildman–Crippen LogP) is 3.94. The zero-order valence-corrected chi connectivity index (χ0v) is 18.4. The molecule has 3 aromatic heterocycles. The number of hydrogen-bond donors (Lipinski definition) is 1. The Morgan fingerprint density at radius 2 is 2.06 bits per heavy atom. The van der Waals surface area contributed by atoms with Crippen LogP contribution in [0.4, 0.5) is 22.0 Å². The number of nitrogens with one attached hydrogen (secondary N) is 1. The molecule has 33 heavy (non-hydrogen) atoms. The highest BCUT2D eigenvalue weighted by Crippen LogP contribution is 2.30. The number of carbonyl (C=O) groups is 1. The molecule has 1 aromatic carbocycles. The number of halogens is 2. The molecule has 0 radical (unpaired) electrons. The largest absolute Gasteiger partial charge is 0.309 e. The molecule has 0 saturated heterocycles. The van der Waals surface area contributed by atoms with Crippen molar-refractivity contribution in [3.05, 3.63) is 77.0 Å². The van der Waals surface area contributed by atoms with E-state index in [1.807, 2.05) is 25.2 Å². The van der Waals surface area contributed by atoms with Crippen LogP contribution in [-0.4, -0.2) is 37.2 Å². The van der Waals surface area contributed by atoms with Crippen molar-refractivity contribution in [3.8, 4) is 11.3 Å². The summed E-state index contributed by atoms with van der Waals surface area (Å²) in [7, 11) is 1.83. The van der Waals surface area contributed by atoms with Crippen molar-refractivity contribution in [2.75, 3.05) is 16.8 Å². The van der Waals surface area contributed by atoms with Gasteiger partial charge in [-0.25, -0.2) is 19.3 Å². The fraction of sp³-hybridized carbons (Fsp3) is 0.174. The Hall–Kier alpha value is -3.85. The summed E-state index contributed by atoms with van der Waals surface area (Å²) in [5.41, 5.74) is 3.10. The molecule has 166 valence electrons. The molecular formula is C23H19ClFN7O.